The third kappa shape index (κ3) is 4.81. The average Bonchev–Trinajstić information content (AvgIpc) is 2.29. The summed E-state index contributed by atoms with van der Waals surface area (Å²) in [7, 11) is 0. The van der Waals surface area contributed by atoms with Gasteiger partial charge < -0.3 is 16.2 Å². The molecular weight excluding hydrogens is 219 g/mol. The molecule has 0 spiro atoms. The number of rotatable bonds is 7. The predicted molar refractivity (Wildman–Crippen MR) is 67.3 cm³/mol. The van der Waals surface area contributed by atoms with Crippen LogP contribution in [-0.4, -0.2) is 30.3 Å². The second-order valence-electron chi connectivity index (χ2n) is 4.58. The minimum atomic E-state index is -0.261. The summed E-state index contributed by atoms with van der Waals surface area (Å²) in [4.78, 5) is 0. The van der Waals surface area contributed by atoms with E-state index < -0.39 is 0 Å². The van der Waals surface area contributed by atoms with Crippen LogP contribution in [-0.2, 0) is 6.42 Å². The van der Waals surface area contributed by atoms with Gasteiger partial charge in [0.15, 0.2) is 0 Å². The quantitative estimate of drug-likeness (QED) is 0.625. The monoisotopic (exact) mass is 240 g/mol. The van der Waals surface area contributed by atoms with Crippen molar-refractivity contribution in [2.75, 3.05) is 19.7 Å². The van der Waals surface area contributed by atoms with Gasteiger partial charge in [-0.15, -0.1) is 0 Å². The molecule has 0 aliphatic carbocycles. The zero-order valence-electron chi connectivity index (χ0n) is 10.2. The minimum absolute atomic E-state index is 0.160. The molecule has 96 valence electrons. The fourth-order valence-electron chi connectivity index (χ4n) is 1.77. The van der Waals surface area contributed by atoms with Crippen molar-refractivity contribution in [2.24, 2.45) is 5.73 Å². The first-order valence-corrected chi connectivity index (χ1v) is 5.90. The summed E-state index contributed by atoms with van der Waals surface area (Å²) in [5, 5.41) is 12.0. The molecule has 1 aromatic rings. The Morgan fingerprint density at radius 3 is 2.82 bits per heavy atom. The first-order valence-electron chi connectivity index (χ1n) is 5.90. The number of hydrogen-bond acceptors (Lipinski definition) is 3. The van der Waals surface area contributed by atoms with E-state index in [1.165, 1.54) is 12.1 Å². The van der Waals surface area contributed by atoms with E-state index in [4.69, 9.17) is 10.8 Å². The van der Waals surface area contributed by atoms with E-state index in [0.717, 1.165) is 5.56 Å². The fourth-order valence-corrected chi connectivity index (χ4v) is 1.77. The van der Waals surface area contributed by atoms with Crippen LogP contribution in [0, 0.1) is 5.82 Å². The molecule has 3 nitrogen and oxygen atoms in total. The topological polar surface area (TPSA) is 58.3 Å². The van der Waals surface area contributed by atoms with Crippen molar-refractivity contribution < 1.29 is 9.50 Å². The van der Waals surface area contributed by atoms with Crippen molar-refractivity contribution in [1.29, 1.82) is 0 Å². The Labute approximate surface area is 102 Å². The van der Waals surface area contributed by atoms with Gasteiger partial charge in [0.25, 0.3) is 0 Å². The van der Waals surface area contributed by atoms with E-state index in [0.29, 0.717) is 25.9 Å². The number of aliphatic hydroxyl groups excluding tert-OH is 1. The number of halogens is 1. The Hall–Kier alpha value is -0.970. The van der Waals surface area contributed by atoms with Gasteiger partial charge in [-0.1, -0.05) is 12.1 Å². The van der Waals surface area contributed by atoms with E-state index >= 15 is 0 Å². The van der Waals surface area contributed by atoms with Gasteiger partial charge >= 0.3 is 0 Å². The van der Waals surface area contributed by atoms with Crippen molar-refractivity contribution in [3.8, 4) is 0 Å². The first-order chi connectivity index (χ1) is 8.09. The molecule has 1 unspecified atom stereocenters. The second kappa shape index (κ2) is 6.69. The van der Waals surface area contributed by atoms with Gasteiger partial charge in [-0.2, -0.15) is 0 Å². The molecule has 0 aliphatic rings. The van der Waals surface area contributed by atoms with Gasteiger partial charge in [0.05, 0.1) is 0 Å². The fraction of sp³-hybridized carbons (Fsp3) is 0.538. The Balaban J connectivity index is 2.61. The van der Waals surface area contributed by atoms with Crippen LogP contribution in [0.25, 0.3) is 0 Å². The molecule has 0 heterocycles. The largest absolute Gasteiger partial charge is 0.396 e. The van der Waals surface area contributed by atoms with Crippen molar-refractivity contribution in [3.63, 3.8) is 0 Å². The smallest absolute Gasteiger partial charge is 0.123 e. The molecule has 0 aliphatic heterocycles. The Bertz CT molecular complexity index is 346. The lowest BCUT2D eigenvalue weighted by Gasteiger charge is -2.29. The zero-order valence-corrected chi connectivity index (χ0v) is 10.2. The molecule has 0 saturated heterocycles. The Kier molecular flexibility index (Phi) is 5.55. The summed E-state index contributed by atoms with van der Waals surface area (Å²) in [6, 6.07) is 6.56. The Morgan fingerprint density at radius 1 is 1.47 bits per heavy atom. The summed E-state index contributed by atoms with van der Waals surface area (Å²) >= 11 is 0. The maximum absolute atomic E-state index is 13.1. The van der Waals surface area contributed by atoms with Crippen LogP contribution in [0.2, 0.25) is 0 Å². The predicted octanol–water partition coefficient (Wildman–Crippen LogP) is 1.06. The lowest BCUT2D eigenvalue weighted by molar-refractivity contribution is 0.271. The Morgan fingerprint density at radius 2 is 2.24 bits per heavy atom. The van der Waals surface area contributed by atoms with Gasteiger partial charge in [-0.05, 0) is 44.0 Å². The van der Waals surface area contributed by atoms with Gasteiger partial charge in [0, 0.05) is 18.7 Å². The molecule has 0 saturated carbocycles. The van der Waals surface area contributed by atoms with Crippen molar-refractivity contribution in [1.82, 2.24) is 5.32 Å². The maximum Gasteiger partial charge on any atom is 0.123 e. The van der Waals surface area contributed by atoms with E-state index in [-0.39, 0.29) is 18.0 Å². The van der Waals surface area contributed by atoms with E-state index in [1.807, 2.05) is 13.0 Å². The molecule has 1 aromatic carbocycles. The lowest BCUT2D eigenvalue weighted by Crippen LogP contribution is -2.50. The van der Waals surface area contributed by atoms with E-state index in [2.05, 4.69) is 5.32 Å². The van der Waals surface area contributed by atoms with Gasteiger partial charge in [-0.25, -0.2) is 4.39 Å². The molecule has 0 fully saturated rings. The third-order valence-electron chi connectivity index (χ3n) is 2.82. The summed E-state index contributed by atoms with van der Waals surface area (Å²) in [6.07, 6.45) is 1.37. The van der Waals surface area contributed by atoms with Gasteiger partial charge in [0.2, 0.25) is 0 Å². The van der Waals surface area contributed by atoms with Crippen LogP contribution in [0.15, 0.2) is 24.3 Å². The number of benzene rings is 1. The molecule has 0 amide bonds. The first kappa shape index (κ1) is 14.1. The molecule has 1 rings (SSSR count). The second-order valence-corrected chi connectivity index (χ2v) is 4.58. The summed E-state index contributed by atoms with van der Waals surface area (Å²) in [6.45, 7) is 3.34. The lowest BCUT2D eigenvalue weighted by atomic mass is 9.92. The number of nitrogens with two attached hydrogens (primary N) is 1. The molecular formula is C13H21FN2O. The van der Waals surface area contributed by atoms with Crippen molar-refractivity contribution in [2.45, 2.75) is 25.3 Å². The highest BCUT2D eigenvalue weighted by atomic mass is 19.1. The average molecular weight is 240 g/mol. The van der Waals surface area contributed by atoms with Gasteiger partial charge in [-0.3, -0.25) is 0 Å². The van der Waals surface area contributed by atoms with Crippen LogP contribution in [0.5, 0.6) is 0 Å². The standard InChI is InChI=1S/C13H21FN2O/c1-13(10-15,16-6-3-7-17)9-11-4-2-5-12(14)8-11/h2,4-5,8,16-17H,3,6-7,9-10,15H2,1H3. The van der Waals surface area contributed by atoms with Crippen LogP contribution in [0.1, 0.15) is 18.9 Å². The van der Waals surface area contributed by atoms with E-state index in [1.54, 1.807) is 6.07 Å². The van der Waals surface area contributed by atoms with E-state index in [9.17, 15) is 4.39 Å². The SMILES string of the molecule is CC(CN)(Cc1cccc(F)c1)NCCCO. The van der Waals surface area contributed by atoms with Crippen LogP contribution in [0.3, 0.4) is 0 Å². The highest BCUT2D eigenvalue weighted by Crippen LogP contribution is 2.13. The number of nitrogens with one attached hydrogen (secondary N) is 1. The van der Waals surface area contributed by atoms with Crippen molar-refractivity contribution in [3.05, 3.63) is 35.6 Å². The normalized spacial score (nSPS) is 14.6. The zero-order chi connectivity index (χ0) is 12.7. The number of aliphatic hydroxyl groups is 1. The summed E-state index contributed by atoms with van der Waals surface area (Å²) < 4.78 is 13.1. The molecule has 17 heavy (non-hydrogen) atoms. The molecule has 0 aromatic heterocycles. The molecule has 4 heteroatoms. The summed E-state index contributed by atoms with van der Waals surface area (Å²) in [5.74, 6) is -0.225. The molecule has 1 atom stereocenters. The molecule has 0 bridgehead atoms. The highest BCUT2D eigenvalue weighted by molar-refractivity contribution is 5.19. The maximum atomic E-state index is 13.1. The van der Waals surface area contributed by atoms with Crippen molar-refractivity contribution >= 4 is 0 Å². The van der Waals surface area contributed by atoms with Crippen LogP contribution in [0.4, 0.5) is 4.39 Å². The minimum Gasteiger partial charge on any atom is -0.396 e. The summed E-state index contributed by atoms with van der Waals surface area (Å²) in [5.41, 5.74) is 6.42. The molecule has 0 radical (unpaired) electrons. The van der Waals surface area contributed by atoms with Crippen LogP contribution < -0.4 is 11.1 Å². The van der Waals surface area contributed by atoms with Gasteiger partial charge in [0.1, 0.15) is 5.82 Å². The molecule has 4 N–H and O–H groups in total. The number of hydrogen-bond donors (Lipinski definition) is 3. The van der Waals surface area contributed by atoms with Crippen LogP contribution >= 0.6 is 0 Å². The highest BCUT2D eigenvalue weighted by Gasteiger charge is 2.21. The third-order valence-corrected chi connectivity index (χ3v) is 2.82.